The molecule has 0 unspecified atom stereocenters. The molecule has 0 spiro atoms. The molecule has 0 saturated heterocycles. The summed E-state index contributed by atoms with van der Waals surface area (Å²) in [5.74, 6) is 0.705. The molecule has 2 aromatic rings. The lowest BCUT2D eigenvalue weighted by molar-refractivity contribution is -0.140. The number of benzene rings is 1. The molecule has 1 aromatic heterocycles. The summed E-state index contributed by atoms with van der Waals surface area (Å²) < 4.78 is 15.2. The van der Waals surface area contributed by atoms with Crippen LogP contribution in [0.25, 0.3) is 10.6 Å². The molecule has 1 aromatic carbocycles. The Morgan fingerprint density at radius 1 is 1.15 bits per heavy atom. The molecule has 7 nitrogen and oxygen atoms in total. The lowest BCUT2D eigenvalue weighted by atomic mass is 10.2. The average Bonchev–Trinajstić information content (AvgIpc) is 3.05. The van der Waals surface area contributed by atoms with Crippen molar-refractivity contribution >= 4 is 23.2 Å². The highest BCUT2D eigenvalue weighted by molar-refractivity contribution is 7.17. The van der Waals surface area contributed by atoms with E-state index in [1.54, 1.807) is 34.3 Å². The van der Waals surface area contributed by atoms with E-state index in [-0.39, 0.29) is 24.8 Å². The normalized spacial score (nSPS) is 10.3. The van der Waals surface area contributed by atoms with E-state index in [4.69, 9.17) is 9.47 Å². The number of methoxy groups -OCH3 is 3. The first-order valence-corrected chi connectivity index (χ1v) is 8.75. The Kier molecular flexibility index (Phi) is 6.57. The first-order chi connectivity index (χ1) is 12.4. The molecule has 1 amide bonds. The van der Waals surface area contributed by atoms with Crippen LogP contribution >= 0.6 is 11.3 Å². The van der Waals surface area contributed by atoms with Crippen LogP contribution in [-0.4, -0.2) is 56.7 Å². The number of aromatic nitrogens is 1. The molecule has 0 fully saturated rings. The van der Waals surface area contributed by atoms with Gasteiger partial charge in [0, 0.05) is 19.2 Å². The highest BCUT2D eigenvalue weighted by atomic mass is 32.1. The van der Waals surface area contributed by atoms with Gasteiger partial charge in [-0.3, -0.25) is 9.59 Å². The minimum Gasteiger partial charge on any atom is -0.493 e. The molecule has 0 aliphatic carbocycles. The van der Waals surface area contributed by atoms with E-state index in [0.717, 1.165) is 5.56 Å². The quantitative estimate of drug-likeness (QED) is 0.690. The van der Waals surface area contributed by atoms with Gasteiger partial charge in [0.1, 0.15) is 9.88 Å². The summed E-state index contributed by atoms with van der Waals surface area (Å²) in [7, 11) is 6.12. The second kappa shape index (κ2) is 8.66. The number of nitrogens with zero attached hydrogens (tertiary/aromatic N) is 2. The first-order valence-electron chi connectivity index (χ1n) is 7.93. The van der Waals surface area contributed by atoms with Gasteiger partial charge in [-0.05, 0) is 25.1 Å². The third-order valence-electron chi connectivity index (χ3n) is 3.85. The number of hydrogen-bond acceptors (Lipinski definition) is 7. The third kappa shape index (κ3) is 4.32. The van der Waals surface area contributed by atoms with Gasteiger partial charge in [-0.25, -0.2) is 4.98 Å². The maximum atomic E-state index is 12.6. The molecule has 8 heteroatoms. The maximum Gasteiger partial charge on any atom is 0.307 e. The fraction of sp³-hybridized carbons (Fsp3) is 0.389. The molecule has 0 aliphatic rings. The highest BCUT2D eigenvalue weighted by Gasteiger charge is 2.20. The van der Waals surface area contributed by atoms with Crippen molar-refractivity contribution in [2.24, 2.45) is 0 Å². The van der Waals surface area contributed by atoms with Crippen molar-refractivity contribution in [1.82, 2.24) is 9.88 Å². The zero-order chi connectivity index (χ0) is 19.3. The Bertz CT molecular complexity index is 803. The number of hydrogen-bond donors (Lipinski definition) is 0. The summed E-state index contributed by atoms with van der Waals surface area (Å²) in [6.07, 6.45) is 0.152. The smallest absolute Gasteiger partial charge is 0.307 e. The minimum absolute atomic E-state index is 0.152. The molecular formula is C18H22N2O5S. The van der Waals surface area contributed by atoms with Crippen molar-refractivity contribution in [1.29, 1.82) is 0 Å². The summed E-state index contributed by atoms with van der Waals surface area (Å²) >= 11 is 1.31. The Morgan fingerprint density at radius 3 is 2.46 bits per heavy atom. The van der Waals surface area contributed by atoms with Crippen LogP contribution in [-0.2, 0) is 9.53 Å². The molecule has 0 bridgehead atoms. The maximum absolute atomic E-state index is 12.6. The molecule has 1 heterocycles. The summed E-state index contributed by atoms with van der Waals surface area (Å²) in [5, 5.41) is 0.716. The topological polar surface area (TPSA) is 78.0 Å². The van der Waals surface area contributed by atoms with Crippen molar-refractivity contribution in [2.45, 2.75) is 13.3 Å². The van der Waals surface area contributed by atoms with Gasteiger partial charge in [0.25, 0.3) is 5.91 Å². The number of thiazole rings is 1. The van der Waals surface area contributed by atoms with Gasteiger partial charge in [0.05, 0.1) is 33.4 Å². The standard InChI is InChI=1S/C18H22N2O5S/c1-11-16(18(22)20(2)9-8-15(21)25-5)26-17(19-11)12-6-7-13(23-3)14(10-12)24-4/h6-7,10H,8-9H2,1-5H3. The van der Waals surface area contributed by atoms with Crippen LogP contribution in [0, 0.1) is 6.92 Å². The van der Waals surface area contributed by atoms with Crippen LogP contribution in [0.2, 0.25) is 0 Å². The molecule has 0 saturated carbocycles. The van der Waals surface area contributed by atoms with Gasteiger partial charge in [-0.2, -0.15) is 0 Å². The van der Waals surface area contributed by atoms with Gasteiger partial charge in [0.2, 0.25) is 0 Å². The van der Waals surface area contributed by atoms with E-state index in [2.05, 4.69) is 9.72 Å². The van der Waals surface area contributed by atoms with Crippen LogP contribution in [0.5, 0.6) is 11.5 Å². The summed E-state index contributed by atoms with van der Waals surface area (Å²) in [5.41, 5.74) is 1.49. The van der Waals surface area contributed by atoms with Crippen LogP contribution < -0.4 is 9.47 Å². The van der Waals surface area contributed by atoms with Crippen molar-refractivity contribution < 1.29 is 23.8 Å². The fourth-order valence-electron chi connectivity index (χ4n) is 2.32. The van der Waals surface area contributed by atoms with Crippen LogP contribution in [0.4, 0.5) is 0 Å². The Hall–Kier alpha value is -2.61. The fourth-order valence-corrected chi connectivity index (χ4v) is 3.38. The molecular weight excluding hydrogens is 356 g/mol. The van der Waals surface area contributed by atoms with Crippen LogP contribution in [0.15, 0.2) is 18.2 Å². The number of ether oxygens (including phenoxy) is 3. The number of carbonyl (C=O) groups is 2. The molecule has 0 aliphatic heterocycles. The summed E-state index contributed by atoms with van der Waals surface area (Å²) in [4.78, 5) is 30.4. The Morgan fingerprint density at radius 2 is 1.85 bits per heavy atom. The molecule has 140 valence electrons. The van der Waals surface area contributed by atoms with E-state index >= 15 is 0 Å². The minimum atomic E-state index is -0.350. The van der Waals surface area contributed by atoms with E-state index < -0.39 is 0 Å². The predicted octanol–water partition coefficient (Wildman–Crippen LogP) is 2.77. The lowest BCUT2D eigenvalue weighted by Crippen LogP contribution is -2.29. The number of rotatable bonds is 7. The average molecular weight is 378 g/mol. The van der Waals surface area contributed by atoms with Crippen LogP contribution in [0.1, 0.15) is 21.8 Å². The van der Waals surface area contributed by atoms with Gasteiger partial charge in [-0.1, -0.05) is 0 Å². The monoisotopic (exact) mass is 378 g/mol. The number of aryl methyl sites for hydroxylation is 1. The van der Waals surface area contributed by atoms with Crippen molar-refractivity contribution in [3.05, 3.63) is 28.8 Å². The van der Waals surface area contributed by atoms with E-state index in [0.29, 0.717) is 27.1 Å². The predicted molar refractivity (Wildman–Crippen MR) is 99.0 cm³/mol. The summed E-state index contributed by atoms with van der Waals surface area (Å²) in [6.45, 7) is 2.08. The molecule has 26 heavy (non-hydrogen) atoms. The van der Waals surface area contributed by atoms with Crippen molar-refractivity contribution in [2.75, 3.05) is 34.9 Å². The summed E-state index contributed by atoms with van der Waals surface area (Å²) in [6, 6.07) is 5.50. The number of carbonyl (C=O) groups excluding carboxylic acids is 2. The molecule has 0 N–H and O–H groups in total. The van der Waals surface area contributed by atoms with Gasteiger partial charge in [-0.15, -0.1) is 11.3 Å². The van der Waals surface area contributed by atoms with Gasteiger partial charge >= 0.3 is 5.97 Å². The van der Waals surface area contributed by atoms with Gasteiger partial charge in [0.15, 0.2) is 11.5 Å². The second-order valence-corrected chi connectivity index (χ2v) is 6.56. The highest BCUT2D eigenvalue weighted by Crippen LogP contribution is 2.35. The van der Waals surface area contributed by atoms with Crippen molar-refractivity contribution in [3.63, 3.8) is 0 Å². The molecule has 0 atom stereocenters. The Labute approximate surface area is 156 Å². The third-order valence-corrected chi connectivity index (χ3v) is 5.04. The van der Waals surface area contributed by atoms with Crippen LogP contribution in [0.3, 0.4) is 0 Å². The zero-order valence-corrected chi connectivity index (χ0v) is 16.3. The molecule has 2 rings (SSSR count). The van der Waals surface area contributed by atoms with Gasteiger partial charge < -0.3 is 19.1 Å². The van der Waals surface area contributed by atoms with E-state index in [1.807, 2.05) is 12.1 Å². The number of amides is 1. The van der Waals surface area contributed by atoms with E-state index in [9.17, 15) is 9.59 Å². The van der Waals surface area contributed by atoms with E-state index in [1.165, 1.54) is 23.3 Å². The second-order valence-electron chi connectivity index (χ2n) is 5.56. The molecule has 0 radical (unpaired) electrons. The largest absolute Gasteiger partial charge is 0.493 e. The first kappa shape index (κ1) is 19.7. The Balaban J connectivity index is 2.23. The number of esters is 1. The zero-order valence-electron chi connectivity index (χ0n) is 15.5. The lowest BCUT2D eigenvalue weighted by Gasteiger charge is -2.15. The SMILES string of the molecule is COC(=O)CCN(C)C(=O)c1sc(-c2ccc(OC)c(OC)c2)nc1C. The van der Waals surface area contributed by atoms with Crippen molar-refractivity contribution in [3.8, 4) is 22.1 Å².